The van der Waals surface area contributed by atoms with E-state index in [1.54, 1.807) is 78.1 Å². The van der Waals surface area contributed by atoms with Gasteiger partial charge in [-0.1, -0.05) is 106 Å². The summed E-state index contributed by atoms with van der Waals surface area (Å²) >= 11 is 7.23. The minimum Gasteiger partial charge on any atom is -0.489 e. The molecule has 2 aliphatic rings. The summed E-state index contributed by atoms with van der Waals surface area (Å²) in [6.07, 6.45) is -5.63. The van der Waals surface area contributed by atoms with E-state index < -0.39 is 64.2 Å². The van der Waals surface area contributed by atoms with Gasteiger partial charge in [0, 0.05) is 25.2 Å². The molecule has 3 atom stereocenters. The van der Waals surface area contributed by atoms with Gasteiger partial charge in [0.1, 0.15) is 35.7 Å². The minimum atomic E-state index is -4.81. The number of β-amino-alcohol motifs (C(OH)–C–C–N with tert-alkyl or cyclic N) is 1. The number of likely N-dealkylation sites (tertiary alicyclic amines) is 1. The molecule has 0 aliphatic carbocycles. The lowest BCUT2D eigenvalue weighted by Crippen LogP contribution is -2.58. The largest absolute Gasteiger partial charge is 0.489 e. The molecule has 2 fully saturated rings. The Hall–Kier alpha value is -8.44. The number of benzene rings is 6. The predicted octanol–water partition coefficient (Wildman–Crippen LogP) is 11.0. The summed E-state index contributed by atoms with van der Waals surface area (Å²) in [6.45, 7) is 10.8. The number of nitrogens with one attached hydrogen (secondary N) is 2. The van der Waals surface area contributed by atoms with Crippen molar-refractivity contribution < 1.29 is 46.9 Å². The van der Waals surface area contributed by atoms with Crippen LogP contribution >= 0.6 is 23.6 Å². The number of ether oxygens (including phenoxy) is 2. The third kappa shape index (κ3) is 12.6. The van der Waals surface area contributed by atoms with Crippen molar-refractivity contribution in [2.24, 2.45) is 5.41 Å². The lowest BCUT2D eigenvalue weighted by molar-refractivity contribution is -0.144. The van der Waals surface area contributed by atoms with Gasteiger partial charge in [-0.05, 0) is 132 Å². The van der Waals surface area contributed by atoms with Gasteiger partial charge in [-0.25, -0.2) is 4.98 Å². The topological polar surface area (TPSA) is 177 Å². The number of alkyl halides is 3. The van der Waals surface area contributed by atoms with Crippen molar-refractivity contribution in [1.82, 2.24) is 20.5 Å². The van der Waals surface area contributed by atoms with Crippen LogP contribution in [0.4, 0.5) is 24.5 Å². The molecule has 3 heterocycles. The zero-order valence-corrected chi connectivity index (χ0v) is 46.8. The van der Waals surface area contributed by atoms with Crippen LogP contribution in [0.15, 0.2) is 145 Å². The standard InChI is InChI=1S/C62H58F3N7O7S2/c1-37-54(81-36-68-37)44-13-7-38(8-14-44)32-67-56(75)52-30-48(73)33-70(52)57(76)55(60(2,3)4)69-53(74)35-79-49-25-20-43(21-26-49)42-17-15-41(16-18-42)40-11-9-39(10-12-40)34-78-50-27-23-46(24-28-50)72-59(80)71(58(77)61(72,5)6)47-22-19-45(31-66)51(29-47)62(63,64)65/h7-29,36,48,52,55,73H,30,32-35H2,1-6H3,(H,67,75)(H,69,74)/t48-,52?,55?/m1/s1. The molecule has 19 heteroatoms. The van der Waals surface area contributed by atoms with E-state index in [9.17, 15) is 42.7 Å². The third-order valence-corrected chi connectivity index (χ3v) is 15.6. The number of aliphatic hydroxyl groups excluding tert-OH is 1. The molecule has 1 aromatic heterocycles. The number of amides is 4. The normalized spacial score (nSPS) is 16.5. The van der Waals surface area contributed by atoms with Crippen molar-refractivity contribution in [1.29, 1.82) is 5.26 Å². The molecule has 2 saturated heterocycles. The molecule has 3 N–H and O–H groups in total. The first-order chi connectivity index (χ1) is 38.5. The Morgan fingerprint density at radius 3 is 1.93 bits per heavy atom. The van der Waals surface area contributed by atoms with Crippen LogP contribution < -0.4 is 29.9 Å². The Kier molecular flexibility index (Phi) is 16.5. The number of carbonyl (C=O) groups excluding carboxylic acids is 4. The smallest absolute Gasteiger partial charge is 0.417 e. The number of aryl methyl sites for hydroxylation is 1. The van der Waals surface area contributed by atoms with Gasteiger partial charge in [-0.15, -0.1) is 11.3 Å². The van der Waals surface area contributed by atoms with Crippen molar-refractivity contribution in [3.8, 4) is 50.3 Å². The zero-order valence-electron chi connectivity index (χ0n) is 45.2. The van der Waals surface area contributed by atoms with E-state index in [4.69, 9.17) is 21.7 Å². The fourth-order valence-corrected chi connectivity index (χ4v) is 11.2. The Bertz CT molecular complexity index is 3520. The average Bonchev–Trinajstić information content (AvgIpc) is 4.29. The molecule has 416 valence electrons. The van der Waals surface area contributed by atoms with Crippen LogP contribution in [0.2, 0.25) is 0 Å². The van der Waals surface area contributed by atoms with Crippen molar-refractivity contribution in [3.05, 3.63) is 173 Å². The Morgan fingerprint density at radius 1 is 0.815 bits per heavy atom. The van der Waals surface area contributed by atoms with Gasteiger partial charge >= 0.3 is 6.18 Å². The molecule has 0 spiro atoms. The van der Waals surface area contributed by atoms with E-state index in [-0.39, 0.29) is 49.4 Å². The van der Waals surface area contributed by atoms with E-state index in [0.29, 0.717) is 17.2 Å². The lowest BCUT2D eigenvalue weighted by atomic mass is 9.85. The van der Waals surface area contributed by atoms with E-state index in [2.05, 4.69) is 15.6 Å². The summed E-state index contributed by atoms with van der Waals surface area (Å²) in [7, 11) is 0. The van der Waals surface area contributed by atoms with Gasteiger partial charge < -0.3 is 35.0 Å². The van der Waals surface area contributed by atoms with Gasteiger partial charge in [0.05, 0.1) is 45.1 Å². The fraction of sp³-hybridized carbons (Fsp3) is 0.274. The van der Waals surface area contributed by atoms with E-state index in [1.807, 2.05) is 113 Å². The predicted molar refractivity (Wildman–Crippen MR) is 308 cm³/mol. The molecule has 14 nitrogen and oxygen atoms in total. The molecule has 2 aliphatic heterocycles. The molecule has 0 radical (unpaired) electrons. The summed E-state index contributed by atoms with van der Waals surface area (Å²) < 4.78 is 53.3. The van der Waals surface area contributed by atoms with Gasteiger partial charge in [0.2, 0.25) is 11.8 Å². The maximum absolute atomic E-state index is 14.1. The number of aromatic nitrogens is 1. The second kappa shape index (κ2) is 23.3. The lowest BCUT2D eigenvalue weighted by Gasteiger charge is -2.35. The number of aliphatic hydroxyl groups is 1. The highest BCUT2D eigenvalue weighted by atomic mass is 32.1. The summed E-state index contributed by atoms with van der Waals surface area (Å²) in [5, 5.41) is 25.7. The van der Waals surface area contributed by atoms with Crippen LogP contribution in [0.1, 0.15) is 69.0 Å². The fourth-order valence-electron chi connectivity index (χ4n) is 9.84. The minimum absolute atomic E-state index is 0.00566. The van der Waals surface area contributed by atoms with Crippen LogP contribution in [0, 0.1) is 23.7 Å². The number of carbonyl (C=O) groups is 4. The van der Waals surface area contributed by atoms with Gasteiger partial charge in [0.15, 0.2) is 11.7 Å². The van der Waals surface area contributed by atoms with E-state index in [0.717, 1.165) is 66.5 Å². The van der Waals surface area contributed by atoms with Crippen LogP contribution in [-0.4, -0.2) is 80.6 Å². The van der Waals surface area contributed by atoms with Crippen LogP contribution in [-0.2, 0) is 38.5 Å². The third-order valence-electron chi connectivity index (χ3n) is 14.3. The Morgan fingerprint density at radius 2 is 1.36 bits per heavy atom. The molecular weight excluding hydrogens is 1080 g/mol. The van der Waals surface area contributed by atoms with Crippen LogP contribution in [0.25, 0.3) is 32.7 Å². The second-order valence-corrected chi connectivity index (χ2v) is 22.7. The highest BCUT2D eigenvalue weighted by molar-refractivity contribution is 7.81. The number of nitriles is 1. The first kappa shape index (κ1) is 57.3. The SMILES string of the molecule is Cc1ncsc1-c1ccc(CNC(=O)C2C[C@@H](O)CN2C(=O)C(NC(=O)COc2ccc(-c3ccc(-c4ccc(COc5ccc(N6C(=S)N(c7ccc(C#N)c(C(F)(F)F)c7)C(=O)C6(C)C)cc5)cc4)cc3)cc2)C(C)(C)C)cc1. The molecule has 0 bridgehead atoms. The molecule has 81 heavy (non-hydrogen) atoms. The molecule has 7 aromatic rings. The molecular formula is C62H58F3N7O7S2. The van der Waals surface area contributed by atoms with Crippen LogP contribution in [0.5, 0.6) is 11.5 Å². The van der Waals surface area contributed by atoms with E-state index in [1.165, 1.54) is 11.0 Å². The molecule has 6 aromatic carbocycles. The number of thiazole rings is 1. The maximum atomic E-state index is 14.1. The average molecular weight is 1130 g/mol. The summed E-state index contributed by atoms with van der Waals surface area (Å²) in [4.78, 5) is 64.1. The quantitative estimate of drug-likeness (QED) is 0.0785. The van der Waals surface area contributed by atoms with Gasteiger partial charge in [-0.2, -0.15) is 18.4 Å². The highest BCUT2D eigenvalue weighted by Gasteiger charge is 2.51. The number of anilines is 2. The number of hydrogen-bond donors (Lipinski definition) is 3. The van der Waals surface area contributed by atoms with Crippen molar-refractivity contribution in [2.45, 2.75) is 91.0 Å². The van der Waals surface area contributed by atoms with Crippen LogP contribution in [0.3, 0.4) is 0 Å². The molecule has 4 amide bonds. The van der Waals surface area contributed by atoms with Crippen molar-refractivity contribution in [3.63, 3.8) is 0 Å². The molecule has 0 saturated carbocycles. The first-order valence-corrected chi connectivity index (χ1v) is 27.3. The number of rotatable bonds is 16. The summed E-state index contributed by atoms with van der Waals surface area (Å²) in [5.41, 5.74) is 6.23. The zero-order chi connectivity index (χ0) is 58.0. The number of halogens is 3. The Balaban J connectivity index is 0.745. The van der Waals surface area contributed by atoms with Crippen molar-refractivity contribution in [2.75, 3.05) is 23.0 Å². The number of nitrogens with zero attached hydrogens (tertiary/aromatic N) is 5. The first-order valence-electron chi connectivity index (χ1n) is 26.0. The molecule has 2 unspecified atom stereocenters. The van der Waals surface area contributed by atoms with Gasteiger partial charge in [0.25, 0.3) is 11.8 Å². The van der Waals surface area contributed by atoms with E-state index >= 15 is 0 Å². The maximum Gasteiger partial charge on any atom is 0.417 e. The van der Waals surface area contributed by atoms with Crippen molar-refractivity contribution >= 4 is 63.7 Å². The van der Waals surface area contributed by atoms with Gasteiger partial charge in [-0.3, -0.25) is 24.1 Å². The number of hydrogen-bond acceptors (Lipinski definition) is 11. The Labute approximate surface area is 476 Å². The summed E-state index contributed by atoms with van der Waals surface area (Å²) in [5.74, 6) is -0.894. The second-order valence-electron chi connectivity index (χ2n) is 21.5. The summed E-state index contributed by atoms with van der Waals surface area (Å²) in [6, 6.07) is 40.8. The highest BCUT2D eigenvalue weighted by Crippen LogP contribution is 2.40. The monoisotopic (exact) mass is 1130 g/mol. The molecule has 9 rings (SSSR count). The number of thiocarbonyl (C=S) groups is 1.